The van der Waals surface area contributed by atoms with Crippen molar-refractivity contribution in [3.05, 3.63) is 35.9 Å². The lowest BCUT2D eigenvalue weighted by Gasteiger charge is -2.41. The molecule has 0 aromatic heterocycles. The number of amidine groups is 1. The summed E-state index contributed by atoms with van der Waals surface area (Å²) in [5.74, 6) is -0.671. The Morgan fingerprint density at radius 2 is 1.62 bits per heavy atom. The summed E-state index contributed by atoms with van der Waals surface area (Å²) < 4.78 is 79.2. The first kappa shape index (κ1) is 18.1. The molecule has 24 heavy (non-hydrogen) atoms. The molecule has 1 heterocycles. The van der Waals surface area contributed by atoms with Crippen LogP contribution in [0.25, 0.3) is 0 Å². The molecule has 0 unspecified atom stereocenters. The van der Waals surface area contributed by atoms with Crippen LogP contribution in [0.1, 0.15) is 18.9 Å². The third-order valence-electron chi connectivity index (χ3n) is 3.36. The molecule has 0 saturated heterocycles. The normalized spacial score (nSPS) is 18.2. The number of halogens is 6. The van der Waals surface area contributed by atoms with Crippen molar-refractivity contribution in [3.8, 4) is 0 Å². The molecule has 1 N–H and O–H groups in total. The van der Waals surface area contributed by atoms with Crippen LogP contribution in [0.15, 0.2) is 35.3 Å². The molecule has 1 aliphatic heterocycles. The number of nitrogens with zero attached hydrogens (tertiary/aromatic N) is 2. The minimum Gasteiger partial charge on any atom is -0.298 e. The summed E-state index contributed by atoms with van der Waals surface area (Å²) in [6, 6.07) is 5.47. The van der Waals surface area contributed by atoms with Gasteiger partial charge in [0.05, 0.1) is 0 Å². The number of amides is 2. The lowest BCUT2D eigenvalue weighted by molar-refractivity contribution is -0.302. The van der Waals surface area contributed by atoms with Crippen LogP contribution >= 0.6 is 0 Å². The highest BCUT2D eigenvalue weighted by Crippen LogP contribution is 2.45. The average molecular weight is 353 g/mol. The Balaban J connectivity index is 2.72. The molecule has 132 valence electrons. The first-order chi connectivity index (χ1) is 11.0. The number of urea groups is 1. The highest BCUT2D eigenvalue weighted by atomic mass is 19.4. The Morgan fingerprint density at radius 1 is 1.08 bits per heavy atom. The number of hydrogen-bond acceptors (Lipinski definition) is 2. The van der Waals surface area contributed by atoms with Crippen LogP contribution in [-0.2, 0) is 0 Å². The maximum atomic E-state index is 13.2. The molecule has 1 aromatic rings. The molecule has 0 fully saturated rings. The van der Waals surface area contributed by atoms with Gasteiger partial charge in [-0.3, -0.25) is 10.2 Å². The van der Waals surface area contributed by atoms with Crippen LogP contribution in [-0.4, -0.2) is 41.3 Å². The van der Waals surface area contributed by atoms with Gasteiger partial charge in [-0.05, 0) is 6.42 Å². The topological polar surface area (TPSA) is 44.7 Å². The quantitative estimate of drug-likeness (QED) is 0.828. The van der Waals surface area contributed by atoms with E-state index in [-0.39, 0.29) is 12.1 Å². The van der Waals surface area contributed by atoms with E-state index in [2.05, 4.69) is 4.99 Å². The van der Waals surface area contributed by atoms with E-state index in [4.69, 9.17) is 0 Å². The highest BCUT2D eigenvalue weighted by Gasteiger charge is 2.74. The van der Waals surface area contributed by atoms with Gasteiger partial charge in [0.2, 0.25) is 0 Å². The number of nitrogens with one attached hydrogen (secondary N) is 1. The fraction of sp³-hybridized carbons (Fsp3) is 0.429. The van der Waals surface area contributed by atoms with Gasteiger partial charge in [-0.1, -0.05) is 37.3 Å². The van der Waals surface area contributed by atoms with Gasteiger partial charge in [-0.25, -0.2) is 9.79 Å². The Labute approximate surface area is 133 Å². The zero-order chi connectivity index (χ0) is 18.2. The molecular formula is C14H13F6N3O. The molecule has 2 rings (SSSR count). The third-order valence-corrected chi connectivity index (χ3v) is 3.36. The van der Waals surface area contributed by atoms with E-state index in [0.717, 1.165) is 10.2 Å². The summed E-state index contributed by atoms with van der Waals surface area (Å²) in [6.07, 6.45) is -11.4. The van der Waals surface area contributed by atoms with Crippen LogP contribution in [0.5, 0.6) is 0 Å². The lowest BCUT2D eigenvalue weighted by atomic mass is 10.1. The minimum atomic E-state index is -5.85. The van der Waals surface area contributed by atoms with Crippen LogP contribution in [0, 0.1) is 0 Å². The van der Waals surface area contributed by atoms with Gasteiger partial charge in [-0.2, -0.15) is 26.3 Å². The second kappa shape index (κ2) is 5.99. The largest absolute Gasteiger partial charge is 0.441 e. The molecule has 4 nitrogen and oxygen atoms in total. The van der Waals surface area contributed by atoms with Crippen molar-refractivity contribution in [2.24, 2.45) is 4.99 Å². The summed E-state index contributed by atoms with van der Waals surface area (Å²) in [5.41, 5.74) is -4.69. The van der Waals surface area contributed by atoms with Crippen LogP contribution in [0.3, 0.4) is 0 Å². The summed E-state index contributed by atoms with van der Waals surface area (Å²) in [6.45, 7) is 1.55. The molecule has 10 heteroatoms. The zero-order valence-electron chi connectivity index (χ0n) is 12.4. The van der Waals surface area contributed by atoms with Crippen molar-refractivity contribution in [3.63, 3.8) is 0 Å². The maximum Gasteiger partial charge on any atom is 0.441 e. The van der Waals surface area contributed by atoms with Crippen molar-refractivity contribution < 1.29 is 31.1 Å². The van der Waals surface area contributed by atoms with E-state index in [0.29, 0.717) is 6.42 Å². The van der Waals surface area contributed by atoms with Crippen molar-refractivity contribution >= 4 is 11.9 Å². The fourth-order valence-electron chi connectivity index (χ4n) is 2.23. The third kappa shape index (κ3) is 2.92. The van der Waals surface area contributed by atoms with Crippen LogP contribution in [0.4, 0.5) is 31.1 Å². The summed E-state index contributed by atoms with van der Waals surface area (Å²) in [4.78, 5) is 15.7. The molecule has 0 saturated carbocycles. The standard InChI is InChI=1S/C14H13F6N3O/c1-2-8-23-10(9-6-4-3-5-7-9)21-12(13(15,16)17,14(18,19)20)22-11(23)24/h3-7H,2,8H2,1H3,(H,22,24). The molecule has 1 aliphatic rings. The second-order valence-electron chi connectivity index (χ2n) is 5.09. The van der Waals surface area contributed by atoms with E-state index < -0.39 is 29.9 Å². The molecule has 0 bridgehead atoms. The van der Waals surface area contributed by atoms with Crippen molar-refractivity contribution in [2.45, 2.75) is 31.4 Å². The van der Waals surface area contributed by atoms with E-state index in [1.165, 1.54) is 30.3 Å². The Bertz CT molecular complexity index is 624. The number of carbonyl (C=O) groups excluding carboxylic acids is 1. The molecule has 0 aliphatic carbocycles. The highest BCUT2D eigenvalue weighted by molar-refractivity contribution is 6.09. The van der Waals surface area contributed by atoms with Gasteiger partial charge < -0.3 is 0 Å². The zero-order valence-corrected chi connectivity index (χ0v) is 12.4. The Hall–Kier alpha value is -2.26. The minimum absolute atomic E-state index is 0.0151. The molecule has 1 aromatic carbocycles. The van der Waals surface area contributed by atoms with E-state index >= 15 is 0 Å². The summed E-state index contributed by atoms with van der Waals surface area (Å²) >= 11 is 0. The lowest BCUT2D eigenvalue weighted by Crippen LogP contribution is -2.71. The van der Waals surface area contributed by atoms with E-state index in [1.54, 1.807) is 6.92 Å². The van der Waals surface area contributed by atoms with Crippen LogP contribution in [0.2, 0.25) is 0 Å². The number of carbonyl (C=O) groups is 1. The number of benzene rings is 1. The Morgan fingerprint density at radius 3 is 2.08 bits per heavy atom. The van der Waals surface area contributed by atoms with Crippen molar-refractivity contribution in [1.82, 2.24) is 10.2 Å². The van der Waals surface area contributed by atoms with Gasteiger partial charge in [0.25, 0.3) is 0 Å². The number of alkyl halides is 6. The number of aliphatic imine (C=N–C) groups is 1. The number of rotatable bonds is 3. The molecule has 0 radical (unpaired) electrons. The number of hydrogen-bond donors (Lipinski definition) is 1. The summed E-state index contributed by atoms with van der Waals surface area (Å²) in [7, 11) is 0. The first-order valence-corrected chi connectivity index (χ1v) is 6.92. The predicted octanol–water partition coefficient (Wildman–Crippen LogP) is 3.69. The van der Waals surface area contributed by atoms with Gasteiger partial charge >= 0.3 is 24.0 Å². The van der Waals surface area contributed by atoms with Gasteiger partial charge in [-0.15, -0.1) is 0 Å². The van der Waals surface area contributed by atoms with Gasteiger partial charge in [0, 0.05) is 12.1 Å². The first-order valence-electron chi connectivity index (χ1n) is 6.92. The maximum absolute atomic E-state index is 13.2. The predicted molar refractivity (Wildman–Crippen MR) is 73.3 cm³/mol. The monoisotopic (exact) mass is 353 g/mol. The fourth-order valence-corrected chi connectivity index (χ4v) is 2.23. The van der Waals surface area contributed by atoms with Crippen molar-refractivity contribution in [2.75, 3.05) is 6.54 Å². The van der Waals surface area contributed by atoms with Gasteiger partial charge in [0.1, 0.15) is 5.84 Å². The summed E-state index contributed by atoms with van der Waals surface area (Å²) in [5, 5.41) is 0.994. The van der Waals surface area contributed by atoms with E-state index in [1.807, 2.05) is 0 Å². The molecule has 2 amide bonds. The SMILES string of the molecule is CCCN1C(=O)NC(C(F)(F)F)(C(F)(F)F)N=C1c1ccccc1. The molecular weight excluding hydrogens is 340 g/mol. The van der Waals surface area contributed by atoms with Gasteiger partial charge in [0.15, 0.2) is 0 Å². The van der Waals surface area contributed by atoms with Crippen molar-refractivity contribution in [1.29, 1.82) is 0 Å². The second-order valence-corrected chi connectivity index (χ2v) is 5.09. The Kier molecular flexibility index (Phi) is 4.51. The van der Waals surface area contributed by atoms with E-state index in [9.17, 15) is 31.1 Å². The van der Waals surface area contributed by atoms with Crippen LogP contribution < -0.4 is 5.32 Å². The smallest absolute Gasteiger partial charge is 0.298 e. The average Bonchev–Trinajstić information content (AvgIpc) is 2.47. The molecule has 0 spiro atoms. The molecule has 0 atom stereocenters.